The first-order valence-corrected chi connectivity index (χ1v) is 6.77. The highest BCUT2D eigenvalue weighted by Crippen LogP contribution is 2.39. The van der Waals surface area contributed by atoms with Crippen molar-refractivity contribution in [2.75, 3.05) is 6.61 Å². The molecule has 2 heteroatoms. The maximum Gasteiger partial charge on any atom is 0.169 e. The zero-order valence-corrected chi connectivity index (χ0v) is 11.6. The van der Waals surface area contributed by atoms with Gasteiger partial charge in [0.2, 0.25) is 0 Å². The molecule has 0 aromatic rings. The Morgan fingerprint density at radius 1 is 1.19 bits per heavy atom. The minimum absolute atomic E-state index is 0.0737. The normalized spacial score (nSPS) is 31.7. The third kappa shape index (κ3) is 3.74. The second-order valence-corrected chi connectivity index (χ2v) is 5.74. The molecule has 1 fully saturated rings. The lowest BCUT2D eigenvalue weighted by Gasteiger charge is -2.43. The zero-order valence-electron chi connectivity index (χ0n) is 11.6. The van der Waals surface area contributed by atoms with Crippen LogP contribution in [0.3, 0.4) is 0 Å². The fraction of sp³-hybridized carbons (Fsp3) is 1.00. The van der Waals surface area contributed by atoms with Crippen LogP contribution in [0, 0.1) is 5.92 Å². The number of rotatable bonds is 5. The van der Waals surface area contributed by atoms with Crippen molar-refractivity contribution in [1.82, 2.24) is 0 Å². The van der Waals surface area contributed by atoms with E-state index in [1.54, 1.807) is 0 Å². The van der Waals surface area contributed by atoms with E-state index in [1.165, 1.54) is 12.8 Å². The van der Waals surface area contributed by atoms with E-state index in [4.69, 9.17) is 9.47 Å². The highest BCUT2D eigenvalue weighted by molar-refractivity contribution is 4.82. The van der Waals surface area contributed by atoms with Gasteiger partial charge in [0.1, 0.15) is 0 Å². The monoisotopic (exact) mass is 228 g/mol. The van der Waals surface area contributed by atoms with Gasteiger partial charge >= 0.3 is 0 Å². The summed E-state index contributed by atoms with van der Waals surface area (Å²) in [6.45, 7) is 11.6. The largest absolute Gasteiger partial charge is 0.350 e. The SMILES string of the molecule is CCOC1(OC(C)(C)CC)CCC(C)CC1. The van der Waals surface area contributed by atoms with Crippen molar-refractivity contribution in [3.63, 3.8) is 0 Å². The van der Waals surface area contributed by atoms with Crippen LogP contribution in [-0.4, -0.2) is 18.0 Å². The van der Waals surface area contributed by atoms with E-state index >= 15 is 0 Å². The minimum atomic E-state index is -0.305. The fourth-order valence-electron chi connectivity index (χ4n) is 2.32. The molecular formula is C14H28O2. The molecule has 0 unspecified atom stereocenters. The van der Waals surface area contributed by atoms with Crippen LogP contribution < -0.4 is 0 Å². The lowest BCUT2D eigenvalue weighted by Crippen LogP contribution is -2.45. The Kier molecular flexibility index (Phi) is 4.81. The summed E-state index contributed by atoms with van der Waals surface area (Å²) < 4.78 is 12.2. The topological polar surface area (TPSA) is 18.5 Å². The average molecular weight is 228 g/mol. The molecule has 1 aliphatic rings. The first-order valence-electron chi connectivity index (χ1n) is 6.77. The van der Waals surface area contributed by atoms with E-state index in [0.717, 1.165) is 31.8 Å². The van der Waals surface area contributed by atoms with Crippen LogP contribution >= 0.6 is 0 Å². The predicted molar refractivity (Wildman–Crippen MR) is 67.4 cm³/mol. The number of hydrogen-bond acceptors (Lipinski definition) is 2. The molecule has 0 spiro atoms. The minimum Gasteiger partial charge on any atom is -0.350 e. The van der Waals surface area contributed by atoms with Crippen LogP contribution in [0.15, 0.2) is 0 Å². The summed E-state index contributed by atoms with van der Waals surface area (Å²) in [4.78, 5) is 0. The molecule has 0 radical (unpaired) electrons. The van der Waals surface area contributed by atoms with Crippen LogP contribution in [0.25, 0.3) is 0 Å². The van der Waals surface area contributed by atoms with E-state index < -0.39 is 0 Å². The van der Waals surface area contributed by atoms with E-state index in [1.807, 2.05) is 0 Å². The molecule has 0 aromatic carbocycles. The van der Waals surface area contributed by atoms with Gasteiger partial charge in [-0.1, -0.05) is 13.8 Å². The summed E-state index contributed by atoms with van der Waals surface area (Å²) in [5.41, 5.74) is -0.0737. The molecule has 0 N–H and O–H groups in total. The molecule has 16 heavy (non-hydrogen) atoms. The van der Waals surface area contributed by atoms with Crippen LogP contribution in [0.2, 0.25) is 0 Å². The highest BCUT2D eigenvalue weighted by atomic mass is 16.7. The molecule has 0 aliphatic heterocycles. The highest BCUT2D eigenvalue weighted by Gasteiger charge is 2.39. The maximum absolute atomic E-state index is 6.28. The summed E-state index contributed by atoms with van der Waals surface area (Å²) in [6.07, 6.45) is 5.56. The van der Waals surface area contributed by atoms with Crippen LogP contribution in [0.5, 0.6) is 0 Å². The van der Waals surface area contributed by atoms with E-state index in [9.17, 15) is 0 Å². The molecule has 1 aliphatic carbocycles. The van der Waals surface area contributed by atoms with E-state index in [2.05, 4.69) is 34.6 Å². The second kappa shape index (κ2) is 5.50. The summed E-state index contributed by atoms with van der Waals surface area (Å²) >= 11 is 0. The smallest absolute Gasteiger partial charge is 0.169 e. The Hall–Kier alpha value is -0.0800. The van der Waals surface area contributed by atoms with Gasteiger partial charge in [0.25, 0.3) is 0 Å². The Morgan fingerprint density at radius 3 is 2.19 bits per heavy atom. The van der Waals surface area contributed by atoms with Gasteiger partial charge in [-0.05, 0) is 46.0 Å². The molecule has 1 saturated carbocycles. The third-order valence-electron chi connectivity index (χ3n) is 3.76. The first kappa shape index (κ1) is 14.0. The van der Waals surface area contributed by atoms with Crippen LogP contribution in [-0.2, 0) is 9.47 Å². The molecule has 0 aromatic heterocycles. The Bertz CT molecular complexity index is 203. The van der Waals surface area contributed by atoms with E-state index in [-0.39, 0.29) is 11.4 Å². The summed E-state index contributed by atoms with van der Waals surface area (Å²) in [6, 6.07) is 0. The summed E-state index contributed by atoms with van der Waals surface area (Å²) in [5.74, 6) is 0.516. The molecule has 1 rings (SSSR count). The van der Waals surface area contributed by atoms with Gasteiger partial charge in [0.05, 0.1) is 5.60 Å². The van der Waals surface area contributed by atoms with Crippen molar-refractivity contribution in [3.05, 3.63) is 0 Å². The Labute approximate surface area is 101 Å². The van der Waals surface area contributed by atoms with Gasteiger partial charge in [-0.3, -0.25) is 0 Å². The van der Waals surface area contributed by atoms with Gasteiger partial charge in [-0.2, -0.15) is 0 Å². The second-order valence-electron chi connectivity index (χ2n) is 5.74. The molecule has 2 nitrogen and oxygen atoms in total. The standard InChI is InChI=1S/C14H28O2/c1-6-13(4,5)16-14(15-7-2)10-8-12(3)9-11-14/h12H,6-11H2,1-5H3. The maximum atomic E-state index is 6.28. The third-order valence-corrected chi connectivity index (χ3v) is 3.76. The lowest BCUT2D eigenvalue weighted by molar-refractivity contribution is -0.296. The molecule has 0 bridgehead atoms. The zero-order chi connectivity index (χ0) is 12.2. The quantitative estimate of drug-likeness (QED) is 0.659. The van der Waals surface area contributed by atoms with Gasteiger partial charge in [-0.25, -0.2) is 0 Å². The number of hydrogen-bond donors (Lipinski definition) is 0. The van der Waals surface area contributed by atoms with Gasteiger partial charge in [0, 0.05) is 19.4 Å². The Balaban J connectivity index is 2.65. The molecular weight excluding hydrogens is 200 g/mol. The lowest BCUT2D eigenvalue weighted by atomic mass is 9.85. The fourth-order valence-corrected chi connectivity index (χ4v) is 2.32. The summed E-state index contributed by atoms with van der Waals surface area (Å²) in [7, 11) is 0. The molecule has 0 saturated heterocycles. The molecule has 0 atom stereocenters. The molecule has 96 valence electrons. The van der Waals surface area contributed by atoms with Gasteiger partial charge in [-0.15, -0.1) is 0 Å². The first-order chi connectivity index (χ1) is 7.43. The molecule has 0 amide bonds. The van der Waals surface area contributed by atoms with Gasteiger partial charge in [0.15, 0.2) is 5.79 Å². The van der Waals surface area contributed by atoms with E-state index in [0.29, 0.717) is 0 Å². The van der Waals surface area contributed by atoms with Crippen LogP contribution in [0.4, 0.5) is 0 Å². The van der Waals surface area contributed by atoms with Crippen molar-refractivity contribution >= 4 is 0 Å². The number of ether oxygens (including phenoxy) is 2. The van der Waals surface area contributed by atoms with Crippen molar-refractivity contribution in [2.45, 2.75) is 78.1 Å². The molecule has 0 heterocycles. The summed E-state index contributed by atoms with van der Waals surface area (Å²) in [5, 5.41) is 0. The van der Waals surface area contributed by atoms with Crippen LogP contribution in [0.1, 0.15) is 66.7 Å². The van der Waals surface area contributed by atoms with Crippen molar-refractivity contribution < 1.29 is 9.47 Å². The van der Waals surface area contributed by atoms with Gasteiger partial charge < -0.3 is 9.47 Å². The van der Waals surface area contributed by atoms with Crippen molar-refractivity contribution in [3.8, 4) is 0 Å². The Morgan fingerprint density at radius 2 is 1.75 bits per heavy atom. The van der Waals surface area contributed by atoms with Crippen molar-refractivity contribution in [2.24, 2.45) is 5.92 Å². The average Bonchev–Trinajstić information content (AvgIpc) is 2.23. The van der Waals surface area contributed by atoms with Crippen molar-refractivity contribution in [1.29, 1.82) is 0 Å². The predicted octanol–water partition coefficient (Wildman–Crippen LogP) is 4.13.